The molecule has 1 aromatic carbocycles. The van der Waals surface area contributed by atoms with Crippen LogP contribution >= 0.6 is 0 Å². The Balaban J connectivity index is 2.21. The Kier molecular flexibility index (Phi) is 2.80. The normalized spacial score (nSPS) is 11.1. The van der Waals surface area contributed by atoms with Crippen molar-refractivity contribution >= 4 is 10.9 Å². The molecular formula is C15H16N4. The third kappa shape index (κ3) is 1.90. The summed E-state index contributed by atoms with van der Waals surface area (Å²) < 4.78 is 2.13. The largest absolute Gasteiger partial charge is 0.342 e. The molecule has 0 aliphatic carbocycles. The molecule has 0 spiro atoms. The van der Waals surface area contributed by atoms with Crippen molar-refractivity contribution in [2.45, 2.75) is 13.5 Å². The summed E-state index contributed by atoms with van der Waals surface area (Å²) in [5, 5.41) is 1.21. The van der Waals surface area contributed by atoms with Gasteiger partial charge in [0, 0.05) is 24.5 Å². The Morgan fingerprint density at radius 3 is 2.79 bits per heavy atom. The van der Waals surface area contributed by atoms with Gasteiger partial charge in [-0.3, -0.25) is 4.98 Å². The molecule has 96 valence electrons. The zero-order valence-corrected chi connectivity index (χ0v) is 11.1. The number of hydrogen-bond acceptors (Lipinski definition) is 3. The van der Waals surface area contributed by atoms with E-state index in [4.69, 9.17) is 5.73 Å². The van der Waals surface area contributed by atoms with Crippen molar-refractivity contribution in [2.75, 3.05) is 0 Å². The Morgan fingerprint density at radius 1 is 1.26 bits per heavy atom. The maximum atomic E-state index is 5.70. The Bertz CT molecular complexity index is 743. The van der Waals surface area contributed by atoms with E-state index in [1.54, 1.807) is 0 Å². The highest BCUT2D eigenvalue weighted by Crippen LogP contribution is 2.25. The second-order valence-corrected chi connectivity index (χ2v) is 4.64. The van der Waals surface area contributed by atoms with E-state index in [9.17, 15) is 0 Å². The molecule has 0 aliphatic rings. The minimum Gasteiger partial charge on any atom is -0.342 e. The predicted octanol–water partition coefficient (Wildman–Crippen LogP) is 2.40. The van der Waals surface area contributed by atoms with Gasteiger partial charge < -0.3 is 10.3 Å². The summed E-state index contributed by atoms with van der Waals surface area (Å²) in [7, 11) is 2.04. The van der Waals surface area contributed by atoms with Gasteiger partial charge in [-0.05, 0) is 19.1 Å². The maximum Gasteiger partial charge on any atom is 0.105 e. The summed E-state index contributed by atoms with van der Waals surface area (Å²) in [5.74, 6) is 0. The minimum atomic E-state index is 0.413. The summed E-state index contributed by atoms with van der Waals surface area (Å²) in [4.78, 5) is 8.99. The lowest BCUT2D eigenvalue weighted by Crippen LogP contribution is -2.06. The lowest BCUT2D eigenvalue weighted by molar-refractivity contribution is 0.913. The first-order chi connectivity index (χ1) is 9.20. The van der Waals surface area contributed by atoms with Crippen LogP contribution in [0.2, 0.25) is 0 Å². The van der Waals surface area contributed by atoms with E-state index in [0.717, 1.165) is 22.8 Å². The van der Waals surface area contributed by atoms with Gasteiger partial charge in [0.05, 0.1) is 23.3 Å². The molecule has 0 atom stereocenters. The van der Waals surface area contributed by atoms with Crippen molar-refractivity contribution in [1.29, 1.82) is 0 Å². The van der Waals surface area contributed by atoms with Crippen LogP contribution in [0, 0.1) is 6.92 Å². The first kappa shape index (κ1) is 11.9. The Labute approximate surface area is 111 Å². The van der Waals surface area contributed by atoms with E-state index < -0.39 is 0 Å². The molecule has 0 amide bonds. The molecule has 0 saturated carbocycles. The van der Waals surface area contributed by atoms with Crippen LogP contribution in [-0.2, 0) is 13.6 Å². The average molecular weight is 252 g/mol. The number of rotatable bonds is 2. The number of nitrogens with two attached hydrogens (primary N) is 1. The number of benzene rings is 1. The van der Waals surface area contributed by atoms with Gasteiger partial charge in [0.15, 0.2) is 0 Å². The Hall–Kier alpha value is -2.20. The molecule has 0 radical (unpaired) electrons. The van der Waals surface area contributed by atoms with E-state index in [1.807, 2.05) is 32.3 Å². The zero-order valence-electron chi connectivity index (χ0n) is 11.1. The highest BCUT2D eigenvalue weighted by molar-refractivity contribution is 5.86. The van der Waals surface area contributed by atoms with Crippen LogP contribution in [-0.4, -0.2) is 14.5 Å². The summed E-state index contributed by atoms with van der Waals surface area (Å²) in [6.07, 6.45) is 1.81. The lowest BCUT2D eigenvalue weighted by atomic mass is 10.2. The van der Waals surface area contributed by atoms with Crippen LogP contribution in [0.4, 0.5) is 0 Å². The summed E-state index contributed by atoms with van der Waals surface area (Å²) in [6, 6.07) is 10.4. The molecule has 4 heteroatoms. The topological polar surface area (TPSA) is 56.7 Å². The highest BCUT2D eigenvalue weighted by Gasteiger charge is 2.10. The monoisotopic (exact) mass is 252 g/mol. The number of aryl methyl sites for hydroxylation is 2. The van der Waals surface area contributed by atoms with Gasteiger partial charge in [-0.25, -0.2) is 4.98 Å². The number of para-hydroxylation sites is 1. The van der Waals surface area contributed by atoms with Gasteiger partial charge in [0.25, 0.3) is 0 Å². The van der Waals surface area contributed by atoms with Gasteiger partial charge in [-0.2, -0.15) is 0 Å². The zero-order chi connectivity index (χ0) is 13.4. The molecule has 2 heterocycles. The number of hydrogen-bond donors (Lipinski definition) is 1. The van der Waals surface area contributed by atoms with Crippen molar-refractivity contribution in [3.8, 4) is 11.4 Å². The maximum absolute atomic E-state index is 5.70. The first-order valence-electron chi connectivity index (χ1n) is 6.28. The molecule has 0 unspecified atom stereocenters. The number of fused-ring (bicyclic) bond motifs is 1. The molecule has 2 aromatic heterocycles. The molecule has 4 nitrogen and oxygen atoms in total. The molecular weight excluding hydrogens is 236 g/mol. The van der Waals surface area contributed by atoms with Crippen LogP contribution in [0.25, 0.3) is 22.3 Å². The van der Waals surface area contributed by atoms with Crippen LogP contribution in [0.5, 0.6) is 0 Å². The van der Waals surface area contributed by atoms with E-state index in [1.165, 1.54) is 10.9 Å². The van der Waals surface area contributed by atoms with Crippen LogP contribution < -0.4 is 5.73 Å². The second-order valence-electron chi connectivity index (χ2n) is 4.64. The summed E-state index contributed by atoms with van der Waals surface area (Å²) in [5.41, 5.74) is 10.6. The van der Waals surface area contributed by atoms with Crippen molar-refractivity contribution in [1.82, 2.24) is 14.5 Å². The number of nitrogens with zero attached hydrogens (tertiary/aromatic N) is 3. The van der Waals surface area contributed by atoms with Crippen molar-refractivity contribution in [3.05, 3.63) is 47.9 Å². The summed E-state index contributed by atoms with van der Waals surface area (Å²) >= 11 is 0. The van der Waals surface area contributed by atoms with Crippen LogP contribution in [0.1, 0.15) is 11.4 Å². The van der Waals surface area contributed by atoms with Gasteiger partial charge in [-0.1, -0.05) is 18.2 Å². The molecule has 0 bridgehead atoms. The smallest absolute Gasteiger partial charge is 0.105 e. The SMILES string of the molecule is Cc1ncc(-c2cc3ccccc3n2C)nc1CN. The van der Waals surface area contributed by atoms with Crippen LogP contribution in [0.3, 0.4) is 0 Å². The fraction of sp³-hybridized carbons (Fsp3) is 0.200. The molecule has 2 N–H and O–H groups in total. The molecule has 0 saturated heterocycles. The summed E-state index contributed by atoms with van der Waals surface area (Å²) in [6.45, 7) is 2.34. The first-order valence-corrected chi connectivity index (χ1v) is 6.28. The highest BCUT2D eigenvalue weighted by atomic mass is 15.0. The van der Waals surface area contributed by atoms with Crippen molar-refractivity contribution in [3.63, 3.8) is 0 Å². The molecule has 0 aliphatic heterocycles. The van der Waals surface area contributed by atoms with E-state index >= 15 is 0 Å². The third-order valence-electron chi connectivity index (χ3n) is 3.46. The quantitative estimate of drug-likeness (QED) is 0.762. The van der Waals surface area contributed by atoms with Crippen molar-refractivity contribution in [2.24, 2.45) is 12.8 Å². The second kappa shape index (κ2) is 4.48. The van der Waals surface area contributed by atoms with Gasteiger partial charge >= 0.3 is 0 Å². The standard InChI is InChI=1S/C15H16N4/c1-10-12(8-16)18-13(9-17-10)15-7-11-5-3-4-6-14(11)19(15)2/h3-7,9H,8,16H2,1-2H3. The van der Waals surface area contributed by atoms with Crippen molar-refractivity contribution < 1.29 is 0 Å². The molecule has 3 aromatic rings. The fourth-order valence-electron chi connectivity index (χ4n) is 2.34. The lowest BCUT2D eigenvalue weighted by Gasteiger charge is -2.06. The van der Waals surface area contributed by atoms with Gasteiger partial charge in [0.1, 0.15) is 5.69 Å². The van der Waals surface area contributed by atoms with E-state index in [0.29, 0.717) is 6.54 Å². The van der Waals surface area contributed by atoms with E-state index in [-0.39, 0.29) is 0 Å². The van der Waals surface area contributed by atoms with E-state index in [2.05, 4.69) is 32.7 Å². The number of aromatic nitrogens is 3. The Morgan fingerprint density at radius 2 is 2.05 bits per heavy atom. The molecule has 0 fully saturated rings. The van der Waals surface area contributed by atoms with Crippen LogP contribution in [0.15, 0.2) is 36.5 Å². The average Bonchev–Trinajstić information content (AvgIpc) is 2.77. The van der Waals surface area contributed by atoms with Gasteiger partial charge in [-0.15, -0.1) is 0 Å². The van der Waals surface area contributed by atoms with Gasteiger partial charge in [0.2, 0.25) is 0 Å². The third-order valence-corrected chi connectivity index (χ3v) is 3.46. The minimum absolute atomic E-state index is 0.413. The fourth-order valence-corrected chi connectivity index (χ4v) is 2.34. The molecule has 19 heavy (non-hydrogen) atoms. The molecule has 3 rings (SSSR count). The predicted molar refractivity (Wildman–Crippen MR) is 76.6 cm³/mol.